The lowest BCUT2D eigenvalue weighted by atomic mass is 9.77. The van der Waals surface area contributed by atoms with Gasteiger partial charge in [0.05, 0.1) is 13.0 Å². The van der Waals surface area contributed by atoms with Crippen LogP contribution in [0.1, 0.15) is 47.1 Å². The number of rotatable bonds is 4. The third kappa shape index (κ3) is 5.78. The number of carbonyl (C=O) groups excluding carboxylic acids is 1. The Kier molecular flexibility index (Phi) is 5.43. The minimum absolute atomic E-state index is 0.134. The van der Waals surface area contributed by atoms with Crippen molar-refractivity contribution in [3.63, 3.8) is 0 Å². The molecule has 0 fully saturated rings. The number of hydrogen-bond donors (Lipinski definition) is 0. The average molecular weight is 292 g/mol. The van der Waals surface area contributed by atoms with Crippen molar-refractivity contribution < 1.29 is 14.3 Å². The van der Waals surface area contributed by atoms with E-state index >= 15 is 0 Å². The molecule has 0 unspecified atom stereocenters. The zero-order valence-corrected chi connectivity index (χ0v) is 14.3. The van der Waals surface area contributed by atoms with Gasteiger partial charge >= 0.3 is 5.97 Å². The number of methoxy groups -OCH3 is 1. The van der Waals surface area contributed by atoms with Gasteiger partial charge in [0.15, 0.2) is 0 Å². The van der Waals surface area contributed by atoms with Crippen molar-refractivity contribution in [3.05, 3.63) is 29.8 Å². The molecule has 0 N–H and O–H groups in total. The highest BCUT2D eigenvalue weighted by Crippen LogP contribution is 2.32. The van der Waals surface area contributed by atoms with Crippen LogP contribution in [0.25, 0.3) is 0 Å². The molecule has 0 aliphatic rings. The Hall–Kier alpha value is -1.51. The van der Waals surface area contributed by atoms with Crippen molar-refractivity contribution in [1.82, 2.24) is 0 Å². The molecular formula is C18H28O3. The summed E-state index contributed by atoms with van der Waals surface area (Å²) in [5.41, 5.74) is 0.504. The van der Waals surface area contributed by atoms with E-state index in [9.17, 15) is 4.79 Å². The molecule has 1 aromatic carbocycles. The maximum Gasteiger partial charge on any atom is 0.310 e. The summed E-state index contributed by atoms with van der Waals surface area (Å²) in [5, 5.41) is 0. The summed E-state index contributed by atoms with van der Waals surface area (Å²) in [6.07, 6.45) is 0.669. The molecular weight excluding hydrogens is 264 g/mol. The van der Waals surface area contributed by atoms with Gasteiger partial charge in [0.2, 0.25) is 0 Å². The van der Waals surface area contributed by atoms with E-state index < -0.39 is 5.60 Å². The van der Waals surface area contributed by atoms with E-state index in [2.05, 4.69) is 20.8 Å². The summed E-state index contributed by atoms with van der Waals surface area (Å²) < 4.78 is 10.7. The number of esters is 1. The molecule has 0 bridgehead atoms. The van der Waals surface area contributed by atoms with Gasteiger partial charge in [-0.2, -0.15) is 0 Å². The second-order valence-corrected chi connectivity index (χ2v) is 7.50. The Labute approximate surface area is 128 Å². The number of benzene rings is 1. The molecule has 0 saturated carbocycles. The highest BCUT2D eigenvalue weighted by atomic mass is 16.6. The average Bonchev–Trinajstić information content (AvgIpc) is 2.33. The van der Waals surface area contributed by atoms with Gasteiger partial charge in [-0.3, -0.25) is 4.79 Å². The number of ether oxygens (including phenoxy) is 2. The highest BCUT2D eigenvalue weighted by molar-refractivity contribution is 5.74. The van der Waals surface area contributed by atoms with Gasteiger partial charge < -0.3 is 9.47 Å². The van der Waals surface area contributed by atoms with Crippen LogP contribution in [-0.2, 0) is 16.0 Å². The molecule has 0 radical (unpaired) electrons. The van der Waals surface area contributed by atoms with Gasteiger partial charge in [0.25, 0.3) is 0 Å². The van der Waals surface area contributed by atoms with Crippen molar-refractivity contribution in [2.75, 3.05) is 7.11 Å². The SMILES string of the molecule is COc1ccc(C[C@H](C(=O)OC(C)(C)C)C(C)(C)C)cc1. The minimum Gasteiger partial charge on any atom is -0.497 e. The Morgan fingerprint density at radius 2 is 1.57 bits per heavy atom. The molecule has 0 amide bonds. The Morgan fingerprint density at radius 3 is 1.95 bits per heavy atom. The molecule has 0 aliphatic heterocycles. The fourth-order valence-electron chi connectivity index (χ4n) is 2.11. The van der Waals surface area contributed by atoms with Crippen LogP contribution in [0, 0.1) is 11.3 Å². The Bertz CT molecular complexity index is 461. The standard InChI is InChI=1S/C18H28O3/c1-17(2,3)15(16(19)21-18(4,5)6)12-13-8-10-14(20-7)11-9-13/h8-11,15H,12H2,1-7H3/t15-/m1/s1. The first-order valence-corrected chi connectivity index (χ1v) is 7.39. The normalized spacial score (nSPS) is 13.7. The lowest BCUT2D eigenvalue weighted by Crippen LogP contribution is -2.36. The van der Waals surface area contributed by atoms with Gasteiger partial charge in [0, 0.05) is 0 Å². The first-order valence-electron chi connectivity index (χ1n) is 7.39. The van der Waals surface area contributed by atoms with Gasteiger partial charge in [-0.15, -0.1) is 0 Å². The molecule has 0 aliphatic carbocycles. The zero-order valence-electron chi connectivity index (χ0n) is 14.3. The van der Waals surface area contributed by atoms with E-state index in [1.165, 1.54) is 0 Å². The van der Waals surface area contributed by atoms with E-state index in [-0.39, 0.29) is 17.3 Å². The number of hydrogen-bond acceptors (Lipinski definition) is 3. The van der Waals surface area contributed by atoms with Crippen LogP contribution < -0.4 is 4.74 Å². The molecule has 1 rings (SSSR count). The summed E-state index contributed by atoms with van der Waals surface area (Å²) in [7, 11) is 1.65. The monoisotopic (exact) mass is 292 g/mol. The molecule has 0 spiro atoms. The highest BCUT2D eigenvalue weighted by Gasteiger charge is 2.34. The van der Waals surface area contributed by atoms with E-state index in [0.29, 0.717) is 6.42 Å². The van der Waals surface area contributed by atoms with Crippen LogP contribution >= 0.6 is 0 Å². The third-order valence-corrected chi connectivity index (χ3v) is 3.34. The summed E-state index contributed by atoms with van der Waals surface area (Å²) in [6.45, 7) is 11.9. The molecule has 1 aromatic rings. The molecule has 21 heavy (non-hydrogen) atoms. The first kappa shape index (κ1) is 17.5. The zero-order chi connectivity index (χ0) is 16.3. The largest absolute Gasteiger partial charge is 0.497 e. The van der Waals surface area contributed by atoms with E-state index in [1.54, 1.807) is 7.11 Å². The van der Waals surface area contributed by atoms with E-state index in [4.69, 9.17) is 9.47 Å². The van der Waals surface area contributed by atoms with Crippen LogP contribution in [0.5, 0.6) is 5.75 Å². The smallest absolute Gasteiger partial charge is 0.310 e. The van der Waals surface area contributed by atoms with Crippen LogP contribution in [0.15, 0.2) is 24.3 Å². The second kappa shape index (κ2) is 6.50. The van der Waals surface area contributed by atoms with Gasteiger partial charge in [-0.05, 0) is 50.3 Å². The predicted octanol–water partition coefficient (Wildman–Crippen LogP) is 4.24. The quantitative estimate of drug-likeness (QED) is 0.779. The van der Waals surface area contributed by atoms with Crippen molar-refractivity contribution in [2.45, 2.75) is 53.6 Å². The fourth-order valence-corrected chi connectivity index (χ4v) is 2.11. The maximum atomic E-state index is 12.5. The van der Waals surface area contributed by atoms with Crippen LogP contribution in [0.3, 0.4) is 0 Å². The van der Waals surface area contributed by atoms with Crippen molar-refractivity contribution in [3.8, 4) is 5.75 Å². The van der Waals surface area contributed by atoms with Crippen molar-refractivity contribution >= 4 is 5.97 Å². The lowest BCUT2D eigenvalue weighted by Gasteiger charge is -2.32. The van der Waals surface area contributed by atoms with Crippen molar-refractivity contribution in [2.24, 2.45) is 11.3 Å². The van der Waals surface area contributed by atoms with Crippen LogP contribution in [0.2, 0.25) is 0 Å². The molecule has 0 saturated heterocycles. The van der Waals surface area contributed by atoms with E-state index in [1.807, 2.05) is 45.0 Å². The van der Waals surface area contributed by atoms with Crippen LogP contribution in [-0.4, -0.2) is 18.7 Å². The maximum absolute atomic E-state index is 12.5. The fraction of sp³-hybridized carbons (Fsp3) is 0.611. The lowest BCUT2D eigenvalue weighted by molar-refractivity contribution is -0.163. The Morgan fingerprint density at radius 1 is 1.05 bits per heavy atom. The summed E-state index contributed by atoms with van der Waals surface area (Å²) in [5.74, 6) is 0.513. The predicted molar refractivity (Wildman–Crippen MR) is 85.5 cm³/mol. The first-order chi connectivity index (χ1) is 9.53. The summed E-state index contributed by atoms with van der Waals surface area (Å²) in [6, 6.07) is 7.85. The Balaban J connectivity index is 2.90. The topological polar surface area (TPSA) is 35.5 Å². The van der Waals surface area contributed by atoms with Crippen molar-refractivity contribution in [1.29, 1.82) is 0 Å². The summed E-state index contributed by atoms with van der Waals surface area (Å²) >= 11 is 0. The molecule has 118 valence electrons. The molecule has 3 heteroatoms. The number of carbonyl (C=O) groups is 1. The molecule has 3 nitrogen and oxygen atoms in total. The molecule has 0 heterocycles. The molecule has 1 atom stereocenters. The second-order valence-electron chi connectivity index (χ2n) is 7.50. The van der Waals surface area contributed by atoms with Gasteiger partial charge in [-0.1, -0.05) is 32.9 Å². The van der Waals surface area contributed by atoms with E-state index in [0.717, 1.165) is 11.3 Å². The van der Waals surface area contributed by atoms with Gasteiger partial charge in [-0.25, -0.2) is 0 Å². The molecule has 0 aromatic heterocycles. The minimum atomic E-state index is -0.458. The third-order valence-electron chi connectivity index (χ3n) is 3.34. The summed E-state index contributed by atoms with van der Waals surface area (Å²) in [4.78, 5) is 12.5. The van der Waals surface area contributed by atoms with Gasteiger partial charge in [0.1, 0.15) is 11.4 Å². The van der Waals surface area contributed by atoms with Crippen LogP contribution in [0.4, 0.5) is 0 Å².